The summed E-state index contributed by atoms with van der Waals surface area (Å²) in [5, 5.41) is 20.4. The number of aromatic nitrogens is 3. The lowest BCUT2D eigenvalue weighted by molar-refractivity contribution is 0.0726. The Bertz CT molecular complexity index is 1280. The van der Waals surface area contributed by atoms with Crippen molar-refractivity contribution < 1.29 is 9.90 Å². The molecule has 0 saturated carbocycles. The van der Waals surface area contributed by atoms with Crippen molar-refractivity contribution in [1.82, 2.24) is 20.1 Å². The van der Waals surface area contributed by atoms with Crippen LogP contribution in [0.1, 0.15) is 22.8 Å². The molecular weight excluding hydrogens is 414 g/mol. The first-order valence-corrected chi connectivity index (χ1v) is 11.1. The maximum atomic E-state index is 12.9. The molecule has 166 valence electrons. The van der Waals surface area contributed by atoms with Gasteiger partial charge in [-0.25, -0.2) is 0 Å². The van der Waals surface area contributed by atoms with E-state index >= 15 is 0 Å². The number of aliphatic hydroxyl groups is 1. The lowest BCUT2D eigenvalue weighted by Gasteiger charge is -2.40. The van der Waals surface area contributed by atoms with E-state index in [1.807, 2.05) is 71.8 Å². The highest BCUT2D eigenvalue weighted by atomic mass is 16.3. The standard InChI is InChI=1S/C26H25N5O2/c1-18-16-30(26(33)21-5-3-2-4-6-21)13-14-31(18)25-23-15-27-12-11-22(23)24(28-29-25)20-9-7-19(17-32)8-10-20/h2-12,15,18,32H,13-14,16-17H2,1H3/t18-/m1/s1. The number of benzene rings is 2. The molecule has 0 spiro atoms. The Kier molecular flexibility index (Phi) is 5.71. The van der Waals surface area contributed by atoms with Gasteiger partial charge in [-0.15, -0.1) is 10.2 Å². The third-order valence-corrected chi connectivity index (χ3v) is 6.18. The summed E-state index contributed by atoms with van der Waals surface area (Å²) in [6, 6.07) is 19.1. The Morgan fingerprint density at radius 1 is 1.00 bits per heavy atom. The highest BCUT2D eigenvalue weighted by Gasteiger charge is 2.29. The van der Waals surface area contributed by atoms with Crippen LogP contribution >= 0.6 is 0 Å². The zero-order valence-electron chi connectivity index (χ0n) is 18.4. The van der Waals surface area contributed by atoms with Crippen molar-refractivity contribution in [3.63, 3.8) is 0 Å². The van der Waals surface area contributed by atoms with Gasteiger partial charge in [-0.05, 0) is 30.7 Å². The van der Waals surface area contributed by atoms with Gasteiger partial charge in [0.05, 0.1) is 6.61 Å². The quantitative estimate of drug-likeness (QED) is 0.524. The molecule has 7 nitrogen and oxygen atoms in total. The molecule has 2 aromatic heterocycles. The number of piperazine rings is 1. The Morgan fingerprint density at radius 3 is 2.52 bits per heavy atom. The summed E-state index contributed by atoms with van der Waals surface area (Å²) < 4.78 is 0. The van der Waals surface area contributed by atoms with E-state index in [0.717, 1.165) is 33.4 Å². The number of aliphatic hydroxyl groups excluding tert-OH is 1. The van der Waals surface area contributed by atoms with Gasteiger partial charge >= 0.3 is 0 Å². The minimum atomic E-state index is 0.00616. The number of rotatable bonds is 4. The summed E-state index contributed by atoms with van der Waals surface area (Å²) in [4.78, 5) is 21.4. The molecule has 0 bridgehead atoms. The molecule has 5 rings (SSSR count). The van der Waals surface area contributed by atoms with Gasteiger partial charge in [0.25, 0.3) is 5.91 Å². The molecule has 3 heterocycles. The summed E-state index contributed by atoms with van der Waals surface area (Å²) in [5.74, 6) is 0.842. The molecule has 1 atom stereocenters. The number of nitrogens with zero attached hydrogens (tertiary/aromatic N) is 5. The molecule has 1 saturated heterocycles. The number of hydrogen-bond acceptors (Lipinski definition) is 6. The van der Waals surface area contributed by atoms with E-state index in [1.54, 1.807) is 6.20 Å². The fourth-order valence-corrected chi connectivity index (χ4v) is 4.40. The highest BCUT2D eigenvalue weighted by Crippen LogP contribution is 2.32. The van der Waals surface area contributed by atoms with Gasteiger partial charge in [-0.2, -0.15) is 0 Å². The van der Waals surface area contributed by atoms with Crippen molar-refractivity contribution in [3.05, 3.63) is 84.2 Å². The zero-order chi connectivity index (χ0) is 22.8. The molecule has 1 amide bonds. The van der Waals surface area contributed by atoms with Crippen LogP contribution in [0.3, 0.4) is 0 Å². The van der Waals surface area contributed by atoms with E-state index < -0.39 is 0 Å². The predicted molar refractivity (Wildman–Crippen MR) is 128 cm³/mol. The third-order valence-electron chi connectivity index (χ3n) is 6.18. The Morgan fingerprint density at radius 2 is 1.79 bits per heavy atom. The van der Waals surface area contributed by atoms with E-state index in [-0.39, 0.29) is 18.6 Å². The number of amides is 1. The van der Waals surface area contributed by atoms with Gasteiger partial charge in [0, 0.05) is 60.0 Å². The molecule has 4 aromatic rings. The first-order valence-electron chi connectivity index (χ1n) is 11.1. The molecule has 33 heavy (non-hydrogen) atoms. The molecule has 0 radical (unpaired) electrons. The summed E-state index contributed by atoms with van der Waals surface area (Å²) in [7, 11) is 0. The van der Waals surface area contributed by atoms with E-state index in [1.165, 1.54) is 0 Å². The summed E-state index contributed by atoms with van der Waals surface area (Å²) in [5.41, 5.74) is 3.29. The average molecular weight is 440 g/mol. The second-order valence-corrected chi connectivity index (χ2v) is 8.31. The lowest BCUT2D eigenvalue weighted by Crippen LogP contribution is -2.54. The average Bonchev–Trinajstić information content (AvgIpc) is 2.88. The molecule has 1 aliphatic heterocycles. The van der Waals surface area contributed by atoms with Crippen LogP contribution in [-0.2, 0) is 6.61 Å². The van der Waals surface area contributed by atoms with Gasteiger partial charge in [-0.3, -0.25) is 9.78 Å². The van der Waals surface area contributed by atoms with Crippen LogP contribution in [0.2, 0.25) is 0 Å². The van der Waals surface area contributed by atoms with Gasteiger partial charge < -0.3 is 14.9 Å². The van der Waals surface area contributed by atoms with Gasteiger partial charge in [0.1, 0.15) is 5.69 Å². The lowest BCUT2D eigenvalue weighted by atomic mass is 10.0. The van der Waals surface area contributed by atoms with E-state index in [4.69, 9.17) is 0 Å². The van der Waals surface area contributed by atoms with Crippen molar-refractivity contribution in [2.45, 2.75) is 19.6 Å². The normalized spacial score (nSPS) is 16.2. The summed E-state index contributed by atoms with van der Waals surface area (Å²) in [6.45, 7) is 4.01. The smallest absolute Gasteiger partial charge is 0.253 e. The number of carbonyl (C=O) groups excluding carboxylic acids is 1. The number of pyridine rings is 1. The molecule has 1 fully saturated rings. The molecule has 0 unspecified atom stereocenters. The highest BCUT2D eigenvalue weighted by molar-refractivity contribution is 6.00. The SMILES string of the molecule is C[C@@H]1CN(C(=O)c2ccccc2)CCN1c1nnc(-c2ccc(CO)cc2)c2ccncc12. The topological polar surface area (TPSA) is 82.5 Å². The zero-order valence-corrected chi connectivity index (χ0v) is 18.4. The molecule has 0 aliphatic carbocycles. The Hall–Kier alpha value is -3.84. The van der Waals surface area contributed by atoms with Crippen LogP contribution in [0.25, 0.3) is 22.0 Å². The van der Waals surface area contributed by atoms with E-state index in [0.29, 0.717) is 25.2 Å². The second-order valence-electron chi connectivity index (χ2n) is 8.31. The van der Waals surface area contributed by atoms with Crippen molar-refractivity contribution in [1.29, 1.82) is 0 Å². The van der Waals surface area contributed by atoms with Crippen LogP contribution in [0.4, 0.5) is 5.82 Å². The monoisotopic (exact) mass is 439 g/mol. The van der Waals surface area contributed by atoms with Gasteiger partial charge in [-0.1, -0.05) is 42.5 Å². The largest absolute Gasteiger partial charge is 0.392 e. The van der Waals surface area contributed by atoms with Gasteiger partial charge in [0.15, 0.2) is 5.82 Å². The number of hydrogen-bond donors (Lipinski definition) is 1. The summed E-state index contributed by atoms with van der Waals surface area (Å²) >= 11 is 0. The number of fused-ring (bicyclic) bond motifs is 1. The molecule has 1 aliphatic rings. The fourth-order valence-electron chi connectivity index (χ4n) is 4.40. The predicted octanol–water partition coefficient (Wildman–Crippen LogP) is 3.54. The second kappa shape index (κ2) is 8.96. The van der Waals surface area contributed by atoms with Crippen molar-refractivity contribution >= 4 is 22.5 Å². The third kappa shape index (κ3) is 4.03. The van der Waals surface area contributed by atoms with Crippen LogP contribution in [0.5, 0.6) is 0 Å². The molecule has 1 N–H and O–H groups in total. The number of anilines is 1. The molecule has 7 heteroatoms. The van der Waals surface area contributed by atoms with Crippen molar-refractivity contribution in [3.8, 4) is 11.3 Å². The van der Waals surface area contributed by atoms with Crippen molar-refractivity contribution in [2.75, 3.05) is 24.5 Å². The van der Waals surface area contributed by atoms with E-state index in [2.05, 4.69) is 27.0 Å². The minimum Gasteiger partial charge on any atom is -0.392 e. The Labute approximate surface area is 192 Å². The van der Waals surface area contributed by atoms with Crippen LogP contribution in [0.15, 0.2) is 73.1 Å². The maximum absolute atomic E-state index is 12.9. The first-order chi connectivity index (χ1) is 16.2. The van der Waals surface area contributed by atoms with Crippen molar-refractivity contribution in [2.24, 2.45) is 0 Å². The maximum Gasteiger partial charge on any atom is 0.253 e. The fraction of sp³-hybridized carbons (Fsp3) is 0.231. The van der Waals surface area contributed by atoms with Crippen LogP contribution in [-0.4, -0.2) is 56.8 Å². The molecular formula is C26H25N5O2. The Balaban J connectivity index is 1.44. The first kappa shape index (κ1) is 21.0. The summed E-state index contributed by atoms with van der Waals surface area (Å²) in [6.07, 6.45) is 3.60. The molecule has 2 aromatic carbocycles. The van der Waals surface area contributed by atoms with Crippen LogP contribution in [0, 0.1) is 0 Å². The van der Waals surface area contributed by atoms with Gasteiger partial charge in [0.2, 0.25) is 0 Å². The van der Waals surface area contributed by atoms with Crippen LogP contribution < -0.4 is 4.90 Å². The number of carbonyl (C=O) groups is 1. The van der Waals surface area contributed by atoms with E-state index in [9.17, 15) is 9.90 Å². The minimum absolute atomic E-state index is 0.00616.